The van der Waals surface area contributed by atoms with Crippen molar-refractivity contribution < 1.29 is 9.47 Å². The van der Waals surface area contributed by atoms with E-state index in [-0.39, 0.29) is 0 Å². The quantitative estimate of drug-likeness (QED) is 0.647. The Morgan fingerprint density at radius 3 is 1.40 bits per heavy atom. The van der Waals surface area contributed by atoms with E-state index in [2.05, 4.69) is 41.5 Å². The van der Waals surface area contributed by atoms with Gasteiger partial charge in [0.2, 0.25) is 0 Å². The van der Waals surface area contributed by atoms with Crippen LogP contribution in [0.4, 0.5) is 0 Å². The van der Waals surface area contributed by atoms with Crippen molar-refractivity contribution in [3.05, 3.63) is 0 Å². The molecule has 0 aromatic rings. The molecular weight excluding hydrogens is 248 g/mol. The summed E-state index contributed by atoms with van der Waals surface area (Å²) < 4.78 is 11.9. The Kier molecular flexibility index (Phi) is 8.13. The molecule has 1 aliphatic carbocycles. The first kappa shape index (κ1) is 18.0. The van der Waals surface area contributed by atoms with Gasteiger partial charge in [0.1, 0.15) is 0 Å². The van der Waals surface area contributed by atoms with Gasteiger partial charge in [-0.3, -0.25) is 0 Å². The molecule has 0 spiro atoms. The molecule has 0 radical (unpaired) electrons. The molecule has 120 valence electrons. The number of rotatable bonds is 8. The third kappa shape index (κ3) is 6.13. The maximum Gasteiger partial charge on any atom is 0.0500 e. The molecule has 2 heteroatoms. The van der Waals surface area contributed by atoms with Gasteiger partial charge in [0.05, 0.1) is 13.2 Å². The van der Waals surface area contributed by atoms with Crippen LogP contribution in [-0.2, 0) is 9.47 Å². The van der Waals surface area contributed by atoms with E-state index in [0.717, 1.165) is 38.3 Å². The van der Waals surface area contributed by atoms with Crippen LogP contribution < -0.4 is 0 Å². The third-order valence-electron chi connectivity index (χ3n) is 4.61. The molecule has 0 bridgehead atoms. The van der Waals surface area contributed by atoms with Crippen LogP contribution in [0.3, 0.4) is 0 Å². The zero-order valence-electron chi connectivity index (χ0n) is 14.5. The molecule has 1 saturated carbocycles. The van der Waals surface area contributed by atoms with E-state index in [1.54, 1.807) is 0 Å². The molecule has 0 heterocycles. The lowest BCUT2D eigenvalue weighted by Crippen LogP contribution is -2.38. The first-order chi connectivity index (χ1) is 9.41. The molecule has 0 aromatic carbocycles. The van der Waals surface area contributed by atoms with Gasteiger partial charge < -0.3 is 9.47 Å². The van der Waals surface area contributed by atoms with Crippen LogP contribution in [0.25, 0.3) is 0 Å². The van der Waals surface area contributed by atoms with Crippen molar-refractivity contribution in [2.45, 2.75) is 54.4 Å². The summed E-state index contributed by atoms with van der Waals surface area (Å²) in [4.78, 5) is 0. The second-order valence-electron chi connectivity index (χ2n) is 7.72. The Hall–Kier alpha value is -0.0800. The van der Waals surface area contributed by atoms with Gasteiger partial charge >= 0.3 is 0 Å². The van der Waals surface area contributed by atoms with Crippen molar-refractivity contribution in [3.63, 3.8) is 0 Å². The highest BCUT2D eigenvalue weighted by atomic mass is 16.5. The number of ether oxygens (including phenoxy) is 2. The summed E-state index contributed by atoms with van der Waals surface area (Å²) in [6.45, 7) is 17.3. The highest BCUT2D eigenvalue weighted by Crippen LogP contribution is 2.39. The standard InChI is InChI=1S/C18H36O2/c1-13(2)9-19-11-17-15(5)7-8-16(6)18(17)12-20-10-14(3)4/h13-18H,7-12H2,1-6H3. The second-order valence-corrected chi connectivity index (χ2v) is 7.72. The molecule has 4 unspecified atom stereocenters. The topological polar surface area (TPSA) is 18.5 Å². The Balaban J connectivity index is 2.48. The normalized spacial score (nSPS) is 31.2. The Bertz CT molecular complexity index is 224. The minimum atomic E-state index is 0.627. The van der Waals surface area contributed by atoms with Crippen LogP contribution in [-0.4, -0.2) is 26.4 Å². The highest BCUT2D eigenvalue weighted by Gasteiger charge is 2.35. The van der Waals surface area contributed by atoms with Crippen LogP contribution >= 0.6 is 0 Å². The predicted molar refractivity (Wildman–Crippen MR) is 85.9 cm³/mol. The van der Waals surface area contributed by atoms with Gasteiger partial charge in [-0.15, -0.1) is 0 Å². The van der Waals surface area contributed by atoms with Crippen molar-refractivity contribution >= 4 is 0 Å². The molecule has 2 nitrogen and oxygen atoms in total. The minimum absolute atomic E-state index is 0.627. The molecule has 0 amide bonds. The first-order valence-corrected chi connectivity index (χ1v) is 8.57. The van der Waals surface area contributed by atoms with Gasteiger partial charge in [-0.2, -0.15) is 0 Å². The molecule has 0 saturated heterocycles. The lowest BCUT2D eigenvalue weighted by Gasteiger charge is -2.40. The SMILES string of the molecule is CC(C)COCC1C(C)CCC(C)C1COCC(C)C. The maximum absolute atomic E-state index is 5.96. The van der Waals surface area contributed by atoms with Crippen LogP contribution in [0.2, 0.25) is 0 Å². The van der Waals surface area contributed by atoms with Gasteiger partial charge in [-0.05, 0) is 35.5 Å². The van der Waals surface area contributed by atoms with E-state index in [4.69, 9.17) is 9.47 Å². The van der Waals surface area contributed by atoms with E-state index in [1.165, 1.54) is 12.8 Å². The van der Waals surface area contributed by atoms with Crippen LogP contribution in [0.5, 0.6) is 0 Å². The summed E-state index contributed by atoms with van der Waals surface area (Å²) in [7, 11) is 0. The van der Waals surface area contributed by atoms with E-state index in [9.17, 15) is 0 Å². The third-order valence-corrected chi connectivity index (χ3v) is 4.61. The fourth-order valence-corrected chi connectivity index (χ4v) is 3.25. The summed E-state index contributed by atoms with van der Waals surface area (Å²) in [5, 5.41) is 0. The average molecular weight is 284 g/mol. The average Bonchev–Trinajstić information content (AvgIpc) is 2.35. The summed E-state index contributed by atoms with van der Waals surface area (Å²) in [6.07, 6.45) is 2.69. The monoisotopic (exact) mass is 284 g/mol. The van der Waals surface area contributed by atoms with Gasteiger partial charge in [0.15, 0.2) is 0 Å². The van der Waals surface area contributed by atoms with Gasteiger partial charge in [-0.1, -0.05) is 54.4 Å². The Morgan fingerprint density at radius 1 is 0.750 bits per heavy atom. The molecule has 1 fully saturated rings. The molecule has 0 aliphatic heterocycles. The maximum atomic E-state index is 5.96. The Labute approximate surface area is 126 Å². The van der Waals surface area contributed by atoms with Gasteiger partial charge in [0.25, 0.3) is 0 Å². The molecule has 1 aliphatic rings. The largest absolute Gasteiger partial charge is 0.381 e. The molecule has 20 heavy (non-hydrogen) atoms. The summed E-state index contributed by atoms with van der Waals surface area (Å²) in [5.41, 5.74) is 0. The summed E-state index contributed by atoms with van der Waals surface area (Å²) >= 11 is 0. The molecular formula is C18H36O2. The number of hydrogen-bond acceptors (Lipinski definition) is 2. The lowest BCUT2D eigenvalue weighted by molar-refractivity contribution is -0.0374. The summed E-state index contributed by atoms with van der Waals surface area (Å²) in [5.74, 6) is 4.13. The van der Waals surface area contributed by atoms with Gasteiger partial charge in [-0.25, -0.2) is 0 Å². The van der Waals surface area contributed by atoms with E-state index >= 15 is 0 Å². The zero-order chi connectivity index (χ0) is 15.1. The van der Waals surface area contributed by atoms with Gasteiger partial charge in [0, 0.05) is 13.2 Å². The fourth-order valence-electron chi connectivity index (χ4n) is 3.25. The zero-order valence-corrected chi connectivity index (χ0v) is 14.5. The van der Waals surface area contributed by atoms with Crippen molar-refractivity contribution in [1.82, 2.24) is 0 Å². The smallest absolute Gasteiger partial charge is 0.0500 e. The van der Waals surface area contributed by atoms with Crippen LogP contribution in [0.1, 0.15) is 54.4 Å². The summed E-state index contributed by atoms with van der Waals surface area (Å²) in [6, 6.07) is 0. The first-order valence-electron chi connectivity index (χ1n) is 8.57. The van der Waals surface area contributed by atoms with E-state index in [1.807, 2.05) is 0 Å². The molecule has 4 atom stereocenters. The minimum Gasteiger partial charge on any atom is -0.381 e. The Morgan fingerprint density at radius 2 is 1.10 bits per heavy atom. The van der Waals surface area contributed by atoms with E-state index < -0.39 is 0 Å². The lowest BCUT2D eigenvalue weighted by atomic mass is 9.68. The van der Waals surface area contributed by atoms with E-state index in [0.29, 0.717) is 23.7 Å². The van der Waals surface area contributed by atoms with Crippen molar-refractivity contribution in [1.29, 1.82) is 0 Å². The molecule has 0 N–H and O–H groups in total. The molecule has 0 aromatic heterocycles. The molecule has 1 rings (SSSR count). The van der Waals surface area contributed by atoms with Crippen molar-refractivity contribution in [2.24, 2.45) is 35.5 Å². The number of hydrogen-bond donors (Lipinski definition) is 0. The van der Waals surface area contributed by atoms with Crippen molar-refractivity contribution in [2.75, 3.05) is 26.4 Å². The fraction of sp³-hybridized carbons (Fsp3) is 1.00. The highest BCUT2D eigenvalue weighted by molar-refractivity contribution is 4.84. The predicted octanol–water partition coefficient (Wildman–Crippen LogP) is 4.63. The second kappa shape index (κ2) is 9.04. The van der Waals surface area contributed by atoms with Crippen molar-refractivity contribution in [3.8, 4) is 0 Å². The van der Waals surface area contributed by atoms with Crippen LogP contribution in [0, 0.1) is 35.5 Å². The van der Waals surface area contributed by atoms with Crippen LogP contribution in [0.15, 0.2) is 0 Å².